The number of hydrogen-bond donors (Lipinski definition) is 2. The lowest BCUT2D eigenvalue weighted by Gasteiger charge is -2.31. The van der Waals surface area contributed by atoms with Gasteiger partial charge in [-0.3, -0.25) is 14.4 Å². The number of carbonyl (C=O) groups is 3. The highest BCUT2D eigenvalue weighted by Gasteiger charge is 2.42. The summed E-state index contributed by atoms with van der Waals surface area (Å²) in [6.45, 7) is 3.24. The maximum atomic E-state index is 12.3. The second-order valence-electron chi connectivity index (χ2n) is 8.34. The van der Waals surface area contributed by atoms with Gasteiger partial charge in [-0.25, -0.2) is 0 Å². The van der Waals surface area contributed by atoms with Crippen LogP contribution in [0.4, 0.5) is 11.4 Å². The number of hydrogen-bond acceptors (Lipinski definition) is 5. The van der Waals surface area contributed by atoms with Gasteiger partial charge in [0.1, 0.15) is 6.10 Å². The Labute approximate surface area is 176 Å². The number of amides is 3. The Morgan fingerprint density at radius 3 is 2.70 bits per heavy atom. The maximum Gasteiger partial charge on any atom is 0.313 e. The second-order valence-corrected chi connectivity index (χ2v) is 8.34. The maximum absolute atomic E-state index is 12.3. The van der Waals surface area contributed by atoms with Crippen LogP contribution in [0.1, 0.15) is 50.5 Å². The Hall–Kier alpha value is -2.45. The fourth-order valence-electron chi connectivity index (χ4n) is 4.43. The lowest BCUT2D eigenvalue weighted by molar-refractivity contribution is -0.186. The monoisotopic (exact) mass is 415 g/mol. The molecule has 30 heavy (non-hydrogen) atoms. The van der Waals surface area contributed by atoms with E-state index in [4.69, 9.17) is 9.47 Å². The molecule has 1 saturated carbocycles. The van der Waals surface area contributed by atoms with Crippen LogP contribution < -0.4 is 15.5 Å². The molecular weight excluding hydrogens is 386 g/mol. The molecule has 0 unspecified atom stereocenters. The van der Waals surface area contributed by atoms with E-state index in [-0.39, 0.29) is 18.6 Å². The van der Waals surface area contributed by atoms with E-state index in [1.807, 2.05) is 13.0 Å². The average Bonchev–Trinajstić information content (AvgIpc) is 3.34. The lowest BCUT2D eigenvalue weighted by atomic mass is 9.94. The number of carbonyl (C=O) groups excluding carboxylic acids is 3. The van der Waals surface area contributed by atoms with Crippen LogP contribution in [0.15, 0.2) is 18.2 Å². The van der Waals surface area contributed by atoms with E-state index < -0.39 is 17.6 Å². The Bertz CT molecular complexity index is 834. The molecule has 162 valence electrons. The molecule has 0 radical (unpaired) electrons. The Balaban J connectivity index is 1.30. The van der Waals surface area contributed by atoms with Gasteiger partial charge in [-0.1, -0.05) is 12.5 Å². The van der Waals surface area contributed by atoms with E-state index in [2.05, 4.69) is 10.6 Å². The molecule has 8 heteroatoms. The number of aryl methyl sites for hydroxylation is 1. The van der Waals surface area contributed by atoms with E-state index in [0.717, 1.165) is 43.4 Å². The van der Waals surface area contributed by atoms with Gasteiger partial charge in [0.25, 0.3) is 0 Å². The summed E-state index contributed by atoms with van der Waals surface area (Å²) >= 11 is 0. The van der Waals surface area contributed by atoms with E-state index in [1.54, 1.807) is 17.0 Å². The minimum absolute atomic E-state index is 0.0776. The molecule has 3 amide bonds. The summed E-state index contributed by atoms with van der Waals surface area (Å²) in [6.07, 6.45) is 6.25. The first-order valence-electron chi connectivity index (χ1n) is 10.8. The van der Waals surface area contributed by atoms with E-state index >= 15 is 0 Å². The van der Waals surface area contributed by atoms with Crippen LogP contribution in [0.2, 0.25) is 0 Å². The second kappa shape index (κ2) is 8.73. The third-order valence-electron chi connectivity index (χ3n) is 6.06. The molecule has 2 saturated heterocycles. The molecule has 2 heterocycles. The van der Waals surface area contributed by atoms with Gasteiger partial charge in [-0.2, -0.15) is 0 Å². The van der Waals surface area contributed by atoms with Crippen LogP contribution in [0.5, 0.6) is 0 Å². The minimum Gasteiger partial charge on any atom is -0.347 e. The van der Waals surface area contributed by atoms with Crippen molar-refractivity contribution >= 4 is 29.1 Å². The number of rotatable bonds is 4. The van der Waals surface area contributed by atoms with E-state index in [0.29, 0.717) is 25.3 Å². The first-order chi connectivity index (χ1) is 14.5. The predicted octanol–water partition coefficient (Wildman–Crippen LogP) is 2.25. The molecule has 3 fully saturated rings. The third kappa shape index (κ3) is 4.49. The third-order valence-corrected chi connectivity index (χ3v) is 6.06. The molecule has 4 rings (SSSR count). The standard InChI is InChI=1S/C22H29N3O5/c1-15-7-8-16(12-18(15)25-11-5-6-19(25)26)24-21(28)20(27)23-13-17-14-29-22(30-17)9-3-2-4-10-22/h7-8,12,17H,2-6,9-11,13-14H2,1H3,(H,23,27)(H,24,28)/t17-/m0/s1. The fourth-order valence-corrected chi connectivity index (χ4v) is 4.43. The molecule has 1 atom stereocenters. The molecule has 1 spiro atoms. The smallest absolute Gasteiger partial charge is 0.313 e. The van der Waals surface area contributed by atoms with Gasteiger partial charge in [-0.05, 0) is 43.9 Å². The van der Waals surface area contributed by atoms with Gasteiger partial charge < -0.3 is 25.0 Å². The first-order valence-corrected chi connectivity index (χ1v) is 10.8. The average molecular weight is 415 g/mol. The van der Waals surface area contributed by atoms with Gasteiger partial charge in [-0.15, -0.1) is 0 Å². The summed E-state index contributed by atoms with van der Waals surface area (Å²) < 4.78 is 11.9. The zero-order valence-electron chi connectivity index (χ0n) is 17.4. The van der Waals surface area contributed by atoms with Crippen molar-refractivity contribution in [3.8, 4) is 0 Å². The Morgan fingerprint density at radius 1 is 1.17 bits per heavy atom. The highest BCUT2D eigenvalue weighted by Crippen LogP contribution is 2.37. The summed E-state index contributed by atoms with van der Waals surface area (Å²) in [5.74, 6) is -1.89. The van der Waals surface area contributed by atoms with Crippen molar-refractivity contribution in [2.24, 2.45) is 0 Å². The van der Waals surface area contributed by atoms with Crippen LogP contribution in [-0.2, 0) is 23.9 Å². The van der Waals surface area contributed by atoms with Gasteiger partial charge in [0.05, 0.1) is 6.61 Å². The molecule has 0 aromatic heterocycles. The number of ether oxygens (including phenoxy) is 2. The largest absolute Gasteiger partial charge is 0.347 e. The predicted molar refractivity (Wildman–Crippen MR) is 111 cm³/mol. The fraction of sp³-hybridized carbons (Fsp3) is 0.591. The van der Waals surface area contributed by atoms with Crippen molar-refractivity contribution in [3.05, 3.63) is 23.8 Å². The number of benzene rings is 1. The van der Waals surface area contributed by atoms with Crippen molar-refractivity contribution in [1.29, 1.82) is 0 Å². The van der Waals surface area contributed by atoms with Crippen LogP contribution in [0.25, 0.3) is 0 Å². The van der Waals surface area contributed by atoms with Crippen molar-refractivity contribution in [2.45, 2.75) is 63.8 Å². The highest BCUT2D eigenvalue weighted by molar-refractivity contribution is 6.39. The molecule has 1 aromatic carbocycles. The molecular formula is C22H29N3O5. The Morgan fingerprint density at radius 2 is 1.97 bits per heavy atom. The van der Waals surface area contributed by atoms with Crippen LogP contribution >= 0.6 is 0 Å². The molecule has 2 N–H and O–H groups in total. The topological polar surface area (TPSA) is 97.0 Å². The van der Waals surface area contributed by atoms with E-state index in [9.17, 15) is 14.4 Å². The zero-order valence-corrected chi connectivity index (χ0v) is 17.4. The molecule has 3 aliphatic rings. The first kappa shape index (κ1) is 20.8. The van der Waals surface area contributed by atoms with Crippen LogP contribution in [0, 0.1) is 6.92 Å². The molecule has 1 aromatic rings. The van der Waals surface area contributed by atoms with Gasteiger partial charge in [0, 0.05) is 43.7 Å². The quantitative estimate of drug-likeness (QED) is 0.736. The highest BCUT2D eigenvalue weighted by atomic mass is 16.7. The molecule has 8 nitrogen and oxygen atoms in total. The number of nitrogens with one attached hydrogen (secondary N) is 2. The molecule has 0 bridgehead atoms. The lowest BCUT2D eigenvalue weighted by Crippen LogP contribution is -2.41. The van der Waals surface area contributed by atoms with Crippen molar-refractivity contribution in [1.82, 2.24) is 5.32 Å². The summed E-state index contributed by atoms with van der Waals surface area (Å²) in [7, 11) is 0. The van der Waals surface area contributed by atoms with Crippen molar-refractivity contribution in [3.63, 3.8) is 0 Å². The summed E-state index contributed by atoms with van der Waals surface area (Å²) in [5.41, 5.74) is 2.20. The minimum atomic E-state index is -0.746. The van der Waals surface area contributed by atoms with Crippen molar-refractivity contribution in [2.75, 3.05) is 29.9 Å². The molecule has 1 aliphatic carbocycles. The van der Waals surface area contributed by atoms with Crippen molar-refractivity contribution < 1.29 is 23.9 Å². The van der Waals surface area contributed by atoms with Crippen LogP contribution in [-0.4, -0.2) is 49.3 Å². The summed E-state index contributed by atoms with van der Waals surface area (Å²) in [6, 6.07) is 5.30. The van der Waals surface area contributed by atoms with Gasteiger partial charge in [0.15, 0.2) is 5.79 Å². The summed E-state index contributed by atoms with van der Waals surface area (Å²) in [4.78, 5) is 38.3. The molecule has 2 aliphatic heterocycles. The van der Waals surface area contributed by atoms with Gasteiger partial charge >= 0.3 is 11.8 Å². The number of nitrogens with zero attached hydrogens (tertiary/aromatic N) is 1. The van der Waals surface area contributed by atoms with E-state index in [1.165, 1.54) is 6.42 Å². The normalized spacial score (nSPS) is 23.0. The van der Waals surface area contributed by atoms with Crippen LogP contribution in [0.3, 0.4) is 0 Å². The zero-order chi connectivity index (χ0) is 21.1. The summed E-state index contributed by atoms with van der Waals surface area (Å²) in [5, 5.41) is 5.25. The SMILES string of the molecule is Cc1ccc(NC(=O)C(=O)NC[C@H]2COC3(CCCCC3)O2)cc1N1CCCC1=O. The number of anilines is 2. The van der Waals surface area contributed by atoms with Gasteiger partial charge in [0.2, 0.25) is 5.91 Å². The Kier molecular flexibility index (Phi) is 6.06.